The maximum absolute atomic E-state index is 11.4. The molecule has 0 aromatic heterocycles. The Labute approximate surface area is 96.8 Å². The number of hydrogen-bond donors (Lipinski definition) is 1. The van der Waals surface area contributed by atoms with Gasteiger partial charge in [-0.25, -0.2) is 0 Å². The summed E-state index contributed by atoms with van der Waals surface area (Å²) in [4.78, 5) is 11.4. The molecule has 16 heavy (non-hydrogen) atoms. The van der Waals surface area contributed by atoms with Crippen LogP contribution >= 0.6 is 0 Å². The Kier molecular flexibility index (Phi) is 4.12. The zero-order valence-electron chi connectivity index (χ0n) is 9.78. The Bertz CT molecular complexity index is 318. The fourth-order valence-electron chi connectivity index (χ4n) is 2.94. The molecule has 0 heterocycles. The Balaban J connectivity index is 2.76. The van der Waals surface area contributed by atoms with Crippen LogP contribution < -0.4 is 0 Å². The summed E-state index contributed by atoms with van der Waals surface area (Å²) in [5.74, 6) is -0.156. The summed E-state index contributed by atoms with van der Waals surface area (Å²) in [5, 5.41) is 17.9. The van der Waals surface area contributed by atoms with E-state index in [9.17, 15) is 9.90 Å². The lowest BCUT2D eigenvalue weighted by Gasteiger charge is -2.27. The van der Waals surface area contributed by atoms with Gasteiger partial charge in [-0.05, 0) is 37.5 Å². The van der Waals surface area contributed by atoms with Crippen LogP contribution in [0.5, 0.6) is 0 Å². The van der Waals surface area contributed by atoms with Crippen molar-refractivity contribution in [1.29, 1.82) is 5.26 Å². The normalized spacial score (nSPS) is 33.2. The molecule has 0 spiro atoms. The van der Waals surface area contributed by atoms with Gasteiger partial charge < -0.3 is 5.11 Å². The molecule has 1 fully saturated rings. The highest BCUT2D eigenvalue weighted by atomic mass is 16.4. The molecule has 1 aliphatic rings. The number of nitrogens with zero attached hydrogens (tertiary/aromatic N) is 1. The molecule has 0 aromatic carbocycles. The third-order valence-corrected chi connectivity index (χ3v) is 3.88. The Hall–Kier alpha value is -1.30. The first-order chi connectivity index (χ1) is 7.56. The Morgan fingerprint density at radius 3 is 2.94 bits per heavy atom. The van der Waals surface area contributed by atoms with Gasteiger partial charge in [0.1, 0.15) is 0 Å². The van der Waals surface area contributed by atoms with Gasteiger partial charge >= 0.3 is 5.97 Å². The van der Waals surface area contributed by atoms with Gasteiger partial charge in [-0.1, -0.05) is 13.0 Å². The third-order valence-electron chi connectivity index (χ3n) is 3.88. The maximum Gasteiger partial charge on any atom is 0.310 e. The van der Waals surface area contributed by atoms with Crippen LogP contribution in [0.3, 0.4) is 0 Å². The van der Waals surface area contributed by atoms with E-state index in [4.69, 9.17) is 5.26 Å². The molecule has 0 amide bonds. The molecule has 3 atom stereocenters. The van der Waals surface area contributed by atoms with Crippen molar-refractivity contribution in [3.8, 4) is 6.07 Å². The van der Waals surface area contributed by atoms with Crippen molar-refractivity contribution in [3.63, 3.8) is 0 Å². The van der Waals surface area contributed by atoms with Crippen LogP contribution in [0.25, 0.3) is 0 Å². The molecular formula is C13H19NO2. The summed E-state index contributed by atoms with van der Waals surface area (Å²) in [6, 6.07) is 2.13. The largest absolute Gasteiger partial charge is 0.481 e. The molecule has 3 unspecified atom stereocenters. The van der Waals surface area contributed by atoms with Gasteiger partial charge in [-0.3, -0.25) is 4.79 Å². The highest BCUT2D eigenvalue weighted by Gasteiger charge is 2.49. The number of nitriles is 1. The summed E-state index contributed by atoms with van der Waals surface area (Å²) < 4.78 is 0. The topological polar surface area (TPSA) is 61.1 Å². The first-order valence-electron chi connectivity index (χ1n) is 5.78. The standard InChI is InChI=1S/C13H19NO2/c1-3-6-13(12(15)16)9-11(5-4-7-14)8-10(13)2/h3,10-11H,1,4-6,8-9H2,2H3,(H,15,16). The number of rotatable bonds is 5. The first-order valence-corrected chi connectivity index (χ1v) is 5.78. The number of hydrogen-bond acceptors (Lipinski definition) is 2. The van der Waals surface area contributed by atoms with Crippen molar-refractivity contribution in [2.75, 3.05) is 0 Å². The van der Waals surface area contributed by atoms with Crippen molar-refractivity contribution in [1.82, 2.24) is 0 Å². The predicted molar refractivity (Wildman–Crippen MR) is 61.6 cm³/mol. The predicted octanol–water partition coefficient (Wildman–Crippen LogP) is 2.98. The van der Waals surface area contributed by atoms with E-state index in [0.717, 1.165) is 12.8 Å². The van der Waals surface area contributed by atoms with E-state index in [-0.39, 0.29) is 5.92 Å². The van der Waals surface area contributed by atoms with Gasteiger partial charge in [0.25, 0.3) is 0 Å². The molecule has 3 nitrogen and oxygen atoms in total. The molecule has 88 valence electrons. The molecule has 0 aliphatic heterocycles. The fourth-order valence-corrected chi connectivity index (χ4v) is 2.94. The minimum atomic E-state index is -0.709. The zero-order valence-corrected chi connectivity index (χ0v) is 9.78. The van der Waals surface area contributed by atoms with Crippen molar-refractivity contribution >= 4 is 5.97 Å². The number of aliphatic carboxylic acids is 1. The van der Waals surface area contributed by atoms with E-state index >= 15 is 0 Å². The fraction of sp³-hybridized carbons (Fsp3) is 0.692. The van der Waals surface area contributed by atoms with Crippen molar-refractivity contribution in [2.45, 2.75) is 39.0 Å². The van der Waals surface area contributed by atoms with E-state index in [1.54, 1.807) is 6.08 Å². The smallest absolute Gasteiger partial charge is 0.310 e. The molecule has 1 rings (SSSR count). The second-order valence-electron chi connectivity index (χ2n) is 4.86. The second-order valence-corrected chi connectivity index (χ2v) is 4.86. The summed E-state index contributed by atoms with van der Waals surface area (Å²) >= 11 is 0. The first kappa shape index (κ1) is 12.8. The highest BCUT2D eigenvalue weighted by molar-refractivity contribution is 5.75. The monoisotopic (exact) mass is 221 g/mol. The summed E-state index contributed by atoms with van der Waals surface area (Å²) in [6.07, 6.45) is 5.21. The highest BCUT2D eigenvalue weighted by Crippen LogP contribution is 2.50. The second kappa shape index (κ2) is 5.16. The van der Waals surface area contributed by atoms with Crippen LogP contribution in [0.4, 0.5) is 0 Å². The van der Waals surface area contributed by atoms with Crippen LogP contribution in [0.1, 0.15) is 39.0 Å². The number of carbonyl (C=O) groups is 1. The molecular weight excluding hydrogens is 202 g/mol. The van der Waals surface area contributed by atoms with Crippen LogP contribution in [-0.4, -0.2) is 11.1 Å². The van der Waals surface area contributed by atoms with Gasteiger partial charge in [0.15, 0.2) is 0 Å². The van der Waals surface area contributed by atoms with E-state index in [0.29, 0.717) is 25.2 Å². The molecule has 1 saturated carbocycles. The lowest BCUT2D eigenvalue weighted by Crippen LogP contribution is -2.33. The summed E-state index contributed by atoms with van der Waals surface area (Å²) in [6.45, 7) is 5.66. The van der Waals surface area contributed by atoms with Gasteiger partial charge in [0.2, 0.25) is 0 Å². The zero-order chi connectivity index (χ0) is 12.2. The molecule has 3 heteroatoms. The van der Waals surface area contributed by atoms with Crippen LogP contribution in [0, 0.1) is 28.6 Å². The molecule has 0 bridgehead atoms. The third kappa shape index (κ3) is 2.27. The maximum atomic E-state index is 11.4. The Morgan fingerprint density at radius 2 is 2.44 bits per heavy atom. The van der Waals surface area contributed by atoms with E-state index < -0.39 is 11.4 Å². The van der Waals surface area contributed by atoms with Crippen LogP contribution in [0.2, 0.25) is 0 Å². The van der Waals surface area contributed by atoms with Gasteiger partial charge in [0.05, 0.1) is 11.5 Å². The minimum Gasteiger partial charge on any atom is -0.481 e. The lowest BCUT2D eigenvalue weighted by atomic mass is 9.76. The van der Waals surface area contributed by atoms with Gasteiger partial charge in [-0.2, -0.15) is 5.26 Å². The summed E-state index contributed by atoms with van der Waals surface area (Å²) in [7, 11) is 0. The van der Waals surface area contributed by atoms with Crippen molar-refractivity contribution in [3.05, 3.63) is 12.7 Å². The number of carboxylic acid groups (broad SMARTS) is 1. The van der Waals surface area contributed by atoms with Crippen molar-refractivity contribution < 1.29 is 9.90 Å². The average molecular weight is 221 g/mol. The number of allylic oxidation sites excluding steroid dienone is 1. The Morgan fingerprint density at radius 1 is 1.75 bits per heavy atom. The average Bonchev–Trinajstić information content (AvgIpc) is 2.54. The molecule has 0 radical (unpaired) electrons. The SMILES string of the molecule is C=CCC1(C(=O)O)CC(CCC#N)CC1C. The van der Waals surface area contributed by atoms with E-state index in [2.05, 4.69) is 12.6 Å². The van der Waals surface area contributed by atoms with Crippen LogP contribution in [-0.2, 0) is 4.79 Å². The minimum absolute atomic E-state index is 0.173. The van der Waals surface area contributed by atoms with Crippen LogP contribution in [0.15, 0.2) is 12.7 Å². The van der Waals surface area contributed by atoms with Gasteiger partial charge in [-0.15, -0.1) is 6.58 Å². The molecule has 0 aromatic rings. The summed E-state index contributed by atoms with van der Waals surface area (Å²) in [5.41, 5.74) is -0.637. The molecule has 1 aliphatic carbocycles. The number of carboxylic acids is 1. The molecule has 1 N–H and O–H groups in total. The van der Waals surface area contributed by atoms with Gasteiger partial charge in [0, 0.05) is 6.42 Å². The lowest BCUT2D eigenvalue weighted by molar-refractivity contribution is -0.151. The quantitative estimate of drug-likeness (QED) is 0.726. The molecule has 0 saturated heterocycles. The van der Waals surface area contributed by atoms with Crippen molar-refractivity contribution in [2.24, 2.45) is 17.3 Å². The van der Waals surface area contributed by atoms with E-state index in [1.165, 1.54) is 0 Å². The van der Waals surface area contributed by atoms with E-state index in [1.807, 2.05) is 6.92 Å².